The lowest BCUT2D eigenvalue weighted by Crippen LogP contribution is -2.43. The van der Waals surface area contributed by atoms with E-state index in [1.165, 1.54) is 0 Å². The smallest absolute Gasteiger partial charge is 0.233 e. The van der Waals surface area contributed by atoms with Gasteiger partial charge in [-0.3, -0.25) is 9.48 Å². The van der Waals surface area contributed by atoms with Gasteiger partial charge in [-0.15, -0.1) is 5.10 Å². The molecule has 96 valence electrons. The molecule has 1 rings (SSSR count). The van der Waals surface area contributed by atoms with Crippen LogP contribution in [0.25, 0.3) is 0 Å². The predicted molar refractivity (Wildman–Crippen MR) is 65.4 cm³/mol. The van der Waals surface area contributed by atoms with Gasteiger partial charge >= 0.3 is 0 Å². The lowest BCUT2D eigenvalue weighted by molar-refractivity contribution is -0.120. The summed E-state index contributed by atoms with van der Waals surface area (Å²) in [5.74, 6) is 0.0264. The first-order chi connectivity index (χ1) is 7.97. The molecular weight excluding hydrogens is 218 g/mol. The second-order valence-electron chi connectivity index (χ2n) is 4.97. The highest BCUT2D eigenvalue weighted by molar-refractivity contribution is 5.78. The lowest BCUT2D eigenvalue weighted by atomic mass is 10.1. The first-order valence-electron chi connectivity index (χ1n) is 5.83. The highest BCUT2D eigenvalue weighted by atomic mass is 16.1. The molecule has 0 aliphatic rings. The zero-order chi connectivity index (χ0) is 12.7. The molecule has 0 aliphatic carbocycles. The molecule has 0 unspecified atom stereocenters. The summed E-state index contributed by atoms with van der Waals surface area (Å²) in [6.07, 6.45) is 4.30. The molecule has 0 fully saturated rings. The molecule has 1 amide bonds. The van der Waals surface area contributed by atoms with Crippen molar-refractivity contribution in [2.24, 2.45) is 0 Å². The Balaban J connectivity index is 2.04. The Labute approximate surface area is 102 Å². The zero-order valence-corrected chi connectivity index (χ0v) is 10.7. The van der Waals surface area contributed by atoms with Crippen LogP contribution in [0.5, 0.6) is 0 Å². The largest absolute Gasteiger partial charge is 0.355 e. The summed E-state index contributed by atoms with van der Waals surface area (Å²) in [6, 6.07) is 0. The van der Waals surface area contributed by atoms with Gasteiger partial charge in [0, 0.05) is 24.8 Å². The molecule has 6 nitrogen and oxygen atoms in total. The Morgan fingerprint density at radius 3 is 2.76 bits per heavy atom. The van der Waals surface area contributed by atoms with Crippen molar-refractivity contribution in [2.45, 2.75) is 39.3 Å². The summed E-state index contributed by atoms with van der Waals surface area (Å²) >= 11 is 0. The zero-order valence-electron chi connectivity index (χ0n) is 10.7. The molecule has 2 N–H and O–H groups in total. The van der Waals surface area contributed by atoms with Crippen molar-refractivity contribution in [3.63, 3.8) is 0 Å². The van der Waals surface area contributed by atoms with E-state index in [1.807, 2.05) is 27.0 Å². The Bertz CT molecular complexity index is 328. The second-order valence-corrected chi connectivity index (χ2v) is 4.97. The van der Waals surface area contributed by atoms with Crippen LogP contribution in [0.2, 0.25) is 0 Å². The molecule has 0 saturated carbocycles. The van der Waals surface area contributed by atoms with Crippen LogP contribution in [0.1, 0.15) is 27.2 Å². The van der Waals surface area contributed by atoms with Crippen molar-refractivity contribution < 1.29 is 4.79 Å². The molecule has 0 saturated heterocycles. The van der Waals surface area contributed by atoms with Crippen molar-refractivity contribution >= 4 is 5.91 Å². The molecule has 0 atom stereocenters. The fourth-order valence-corrected chi connectivity index (χ4v) is 1.23. The van der Waals surface area contributed by atoms with E-state index in [2.05, 4.69) is 20.9 Å². The maximum absolute atomic E-state index is 11.4. The Morgan fingerprint density at radius 2 is 2.18 bits per heavy atom. The number of hydrogen-bond donors (Lipinski definition) is 2. The minimum Gasteiger partial charge on any atom is -0.355 e. The third-order valence-corrected chi connectivity index (χ3v) is 2.14. The van der Waals surface area contributed by atoms with Crippen LogP contribution in [0, 0.1) is 0 Å². The molecule has 1 aromatic heterocycles. The van der Waals surface area contributed by atoms with Crippen LogP contribution in [0.4, 0.5) is 0 Å². The van der Waals surface area contributed by atoms with E-state index in [0.717, 1.165) is 13.0 Å². The number of carbonyl (C=O) groups excluding carboxylic acids is 1. The topological polar surface area (TPSA) is 71.8 Å². The van der Waals surface area contributed by atoms with Crippen LogP contribution < -0.4 is 10.6 Å². The normalized spacial score (nSPS) is 11.5. The molecule has 0 aromatic carbocycles. The van der Waals surface area contributed by atoms with Crippen LogP contribution in [-0.2, 0) is 11.3 Å². The van der Waals surface area contributed by atoms with Gasteiger partial charge in [0.25, 0.3) is 0 Å². The summed E-state index contributed by atoms with van der Waals surface area (Å²) in [7, 11) is 0. The Hall–Kier alpha value is -1.43. The molecular formula is C11H21N5O. The lowest BCUT2D eigenvalue weighted by Gasteiger charge is -2.19. The first-order valence-corrected chi connectivity index (χ1v) is 5.83. The van der Waals surface area contributed by atoms with E-state index in [-0.39, 0.29) is 11.4 Å². The third-order valence-electron chi connectivity index (χ3n) is 2.14. The Kier molecular flexibility index (Phi) is 5.09. The summed E-state index contributed by atoms with van der Waals surface area (Å²) in [5, 5.41) is 13.5. The molecule has 0 bridgehead atoms. The molecule has 0 spiro atoms. The van der Waals surface area contributed by atoms with Crippen LogP contribution in [-0.4, -0.2) is 39.5 Å². The molecule has 0 radical (unpaired) electrons. The number of amides is 1. The summed E-state index contributed by atoms with van der Waals surface area (Å²) in [6.45, 7) is 7.88. The molecule has 0 aliphatic heterocycles. The van der Waals surface area contributed by atoms with E-state index >= 15 is 0 Å². The number of aromatic nitrogens is 3. The fraction of sp³-hybridized carbons (Fsp3) is 0.727. The van der Waals surface area contributed by atoms with Crippen molar-refractivity contribution in [3.05, 3.63) is 12.4 Å². The van der Waals surface area contributed by atoms with Gasteiger partial charge in [-0.05, 0) is 27.2 Å². The van der Waals surface area contributed by atoms with E-state index in [9.17, 15) is 4.79 Å². The van der Waals surface area contributed by atoms with E-state index in [4.69, 9.17) is 0 Å². The van der Waals surface area contributed by atoms with Gasteiger partial charge in [0.05, 0.1) is 12.7 Å². The second kappa shape index (κ2) is 6.34. The van der Waals surface area contributed by atoms with E-state index in [1.54, 1.807) is 10.9 Å². The molecule has 1 aromatic rings. The number of hydrogen-bond acceptors (Lipinski definition) is 4. The van der Waals surface area contributed by atoms with Crippen LogP contribution in [0.15, 0.2) is 12.4 Å². The number of carbonyl (C=O) groups is 1. The van der Waals surface area contributed by atoms with Gasteiger partial charge in [0.1, 0.15) is 0 Å². The van der Waals surface area contributed by atoms with Crippen molar-refractivity contribution in [1.29, 1.82) is 0 Å². The minimum absolute atomic E-state index is 0.0264. The predicted octanol–water partition coefficient (Wildman–Crippen LogP) is 0.173. The maximum atomic E-state index is 11.4. The summed E-state index contributed by atoms with van der Waals surface area (Å²) in [5.41, 5.74) is -0.0297. The SMILES string of the molecule is CC(C)(C)NCC(=O)NCCCn1ccnn1. The number of nitrogens with zero attached hydrogens (tertiary/aromatic N) is 3. The van der Waals surface area contributed by atoms with Crippen molar-refractivity contribution in [1.82, 2.24) is 25.6 Å². The number of nitrogens with one attached hydrogen (secondary N) is 2. The third kappa shape index (κ3) is 6.68. The van der Waals surface area contributed by atoms with Gasteiger partial charge in [-0.2, -0.15) is 0 Å². The van der Waals surface area contributed by atoms with Gasteiger partial charge in [-0.25, -0.2) is 0 Å². The quantitative estimate of drug-likeness (QED) is 0.694. The molecule has 6 heteroatoms. The number of aryl methyl sites for hydroxylation is 1. The van der Waals surface area contributed by atoms with Gasteiger partial charge in [0.15, 0.2) is 0 Å². The van der Waals surface area contributed by atoms with E-state index < -0.39 is 0 Å². The van der Waals surface area contributed by atoms with Crippen LogP contribution >= 0.6 is 0 Å². The minimum atomic E-state index is -0.0297. The van der Waals surface area contributed by atoms with Gasteiger partial charge in [-0.1, -0.05) is 5.21 Å². The Morgan fingerprint density at radius 1 is 1.41 bits per heavy atom. The highest BCUT2D eigenvalue weighted by Gasteiger charge is 2.10. The standard InChI is InChI=1S/C11H21N5O/c1-11(2,3)13-9-10(17)12-5-4-7-16-8-6-14-15-16/h6,8,13H,4-5,7,9H2,1-3H3,(H,12,17). The fourth-order valence-electron chi connectivity index (χ4n) is 1.23. The number of rotatable bonds is 6. The van der Waals surface area contributed by atoms with E-state index in [0.29, 0.717) is 13.1 Å². The van der Waals surface area contributed by atoms with Crippen molar-refractivity contribution in [2.75, 3.05) is 13.1 Å². The van der Waals surface area contributed by atoms with Crippen molar-refractivity contribution in [3.8, 4) is 0 Å². The molecule has 17 heavy (non-hydrogen) atoms. The average Bonchev–Trinajstić information content (AvgIpc) is 2.73. The maximum Gasteiger partial charge on any atom is 0.233 e. The monoisotopic (exact) mass is 239 g/mol. The van der Waals surface area contributed by atoms with Crippen LogP contribution in [0.3, 0.4) is 0 Å². The summed E-state index contributed by atoms with van der Waals surface area (Å²) < 4.78 is 1.75. The first kappa shape index (κ1) is 13.6. The average molecular weight is 239 g/mol. The summed E-state index contributed by atoms with van der Waals surface area (Å²) in [4.78, 5) is 11.4. The van der Waals surface area contributed by atoms with Gasteiger partial charge in [0.2, 0.25) is 5.91 Å². The van der Waals surface area contributed by atoms with Gasteiger partial charge < -0.3 is 10.6 Å². The molecule has 1 heterocycles. The highest BCUT2D eigenvalue weighted by Crippen LogP contribution is 1.96.